The molecular weight excluding hydrogens is 260 g/mol. The van der Waals surface area contributed by atoms with E-state index in [-0.39, 0.29) is 6.10 Å². The van der Waals surface area contributed by atoms with Gasteiger partial charge in [-0.3, -0.25) is 0 Å². The Morgan fingerprint density at radius 3 is 2.89 bits per heavy atom. The average Bonchev–Trinajstić information content (AvgIpc) is 2.81. The molecule has 0 spiro atoms. The van der Waals surface area contributed by atoms with Crippen molar-refractivity contribution < 1.29 is 9.47 Å². The van der Waals surface area contributed by atoms with Crippen molar-refractivity contribution in [2.45, 2.75) is 12.5 Å². The van der Waals surface area contributed by atoms with Crippen LogP contribution in [-0.2, 0) is 6.42 Å². The lowest BCUT2D eigenvalue weighted by Crippen LogP contribution is -2.14. The molecule has 2 nitrogen and oxygen atoms in total. The highest BCUT2D eigenvalue weighted by molar-refractivity contribution is 6.30. The van der Waals surface area contributed by atoms with E-state index in [0.717, 1.165) is 23.5 Å². The first-order chi connectivity index (χ1) is 9.26. The predicted molar refractivity (Wildman–Crippen MR) is 76.0 cm³/mol. The Labute approximate surface area is 117 Å². The number of fused-ring (bicyclic) bond motifs is 1. The minimum absolute atomic E-state index is 0.0322. The van der Waals surface area contributed by atoms with Crippen LogP contribution in [0, 0.1) is 6.42 Å². The fourth-order valence-electron chi connectivity index (χ4n) is 2.34. The molecular formula is C16H14ClO2. The molecule has 0 N–H and O–H groups in total. The topological polar surface area (TPSA) is 18.5 Å². The monoisotopic (exact) mass is 273 g/mol. The number of para-hydroxylation sites is 1. The van der Waals surface area contributed by atoms with Gasteiger partial charge in [-0.05, 0) is 29.8 Å². The van der Waals surface area contributed by atoms with Crippen LogP contribution >= 0.6 is 11.6 Å². The summed E-state index contributed by atoms with van der Waals surface area (Å²) in [7, 11) is 1.66. The van der Waals surface area contributed by atoms with Gasteiger partial charge in [-0.25, -0.2) is 0 Å². The second-order valence-electron chi connectivity index (χ2n) is 4.52. The van der Waals surface area contributed by atoms with Crippen LogP contribution in [0.5, 0.6) is 11.5 Å². The van der Waals surface area contributed by atoms with Gasteiger partial charge in [0.15, 0.2) is 0 Å². The van der Waals surface area contributed by atoms with Crippen LogP contribution in [0.1, 0.15) is 11.1 Å². The number of hydrogen-bond donors (Lipinski definition) is 0. The smallest absolute Gasteiger partial charge is 0.123 e. The summed E-state index contributed by atoms with van der Waals surface area (Å²) in [5.41, 5.74) is 2.21. The molecule has 3 heteroatoms. The van der Waals surface area contributed by atoms with E-state index in [1.165, 1.54) is 5.56 Å². The molecule has 1 atom stereocenters. The Kier molecular flexibility index (Phi) is 3.34. The van der Waals surface area contributed by atoms with E-state index in [2.05, 4.69) is 12.5 Å². The minimum atomic E-state index is 0.0322. The Morgan fingerprint density at radius 1 is 1.26 bits per heavy atom. The van der Waals surface area contributed by atoms with Gasteiger partial charge in [0, 0.05) is 23.4 Å². The molecule has 1 radical (unpaired) electrons. The summed E-state index contributed by atoms with van der Waals surface area (Å²) in [6.07, 6.45) is 2.97. The fraction of sp³-hybridized carbons (Fsp3) is 0.188. The molecule has 0 saturated carbocycles. The maximum Gasteiger partial charge on any atom is 0.123 e. The first-order valence-corrected chi connectivity index (χ1v) is 6.57. The number of benzene rings is 2. The normalized spacial score (nSPS) is 16.8. The third kappa shape index (κ3) is 2.54. The van der Waals surface area contributed by atoms with Gasteiger partial charge in [-0.1, -0.05) is 29.8 Å². The third-order valence-corrected chi connectivity index (χ3v) is 3.46. The summed E-state index contributed by atoms with van der Waals surface area (Å²) in [5, 5.41) is 0.697. The van der Waals surface area contributed by atoms with Gasteiger partial charge in [0.1, 0.15) is 17.6 Å². The molecule has 0 bridgehead atoms. The summed E-state index contributed by atoms with van der Waals surface area (Å²) < 4.78 is 11.2. The SMILES string of the molecule is COc1ccc(Cl)cc1[CH]C1Cc2ccccc2O1. The maximum atomic E-state index is 6.03. The standard InChI is InChI=1S/C16H14ClO2/c1-18-15-7-6-13(17)8-12(15)10-14-9-11-4-2-3-5-16(11)19-14/h2-8,10,14H,9H2,1H3. The fourth-order valence-corrected chi connectivity index (χ4v) is 2.52. The molecule has 0 aromatic heterocycles. The van der Waals surface area contributed by atoms with Crippen molar-refractivity contribution in [2.75, 3.05) is 7.11 Å². The van der Waals surface area contributed by atoms with Crippen LogP contribution in [0.3, 0.4) is 0 Å². The molecule has 1 aliphatic heterocycles. The van der Waals surface area contributed by atoms with Gasteiger partial charge in [-0.2, -0.15) is 0 Å². The number of halogens is 1. The van der Waals surface area contributed by atoms with Crippen molar-refractivity contribution in [3.63, 3.8) is 0 Å². The second-order valence-corrected chi connectivity index (χ2v) is 4.96. The number of hydrogen-bond acceptors (Lipinski definition) is 2. The maximum absolute atomic E-state index is 6.03. The highest BCUT2D eigenvalue weighted by atomic mass is 35.5. The largest absolute Gasteiger partial charge is 0.496 e. The first kappa shape index (κ1) is 12.4. The Morgan fingerprint density at radius 2 is 2.11 bits per heavy atom. The average molecular weight is 274 g/mol. The first-order valence-electron chi connectivity index (χ1n) is 6.19. The number of ether oxygens (including phenoxy) is 2. The molecule has 0 amide bonds. The van der Waals surface area contributed by atoms with Crippen LogP contribution in [0.2, 0.25) is 5.02 Å². The zero-order chi connectivity index (χ0) is 13.2. The van der Waals surface area contributed by atoms with E-state index in [1.807, 2.05) is 36.4 Å². The van der Waals surface area contributed by atoms with E-state index >= 15 is 0 Å². The molecule has 2 aromatic rings. The summed E-state index contributed by atoms with van der Waals surface area (Å²) in [6.45, 7) is 0. The summed E-state index contributed by atoms with van der Waals surface area (Å²) >= 11 is 6.03. The summed E-state index contributed by atoms with van der Waals surface area (Å²) in [6, 6.07) is 13.7. The lowest BCUT2D eigenvalue weighted by atomic mass is 10.0. The van der Waals surface area contributed by atoms with Crippen molar-refractivity contribution in [3.8, 4) is 11.5 Å². The van der Waals surface area contributed by atoms with Gasteiger partial charge in [0.2, 0.25) is 0 Å². The molecule has 1 unspecified atom stereocenters. The van der Waals surface area contributed by atoms with E-state index in [9.17, 15) is 0 Å². The number of methoxy groups -OCH3 is 1. The van der Waals surface area contributed by atoms with E-state index in [4.69, 9.17) is 21.1 Å². The zero-order valence-electron chi connectivity index (χ0n) is 10.6. The molecule has 19 heavy (non-hydrogen) atoms. The van der Waals surface area contributed by atoms with Crippen LogP contribution < -0.4 is 9.47 Å². The molecule has 3 rings (SSSR count). The second kappa shape index (κ2) is 5.14. The van der Waals surface area contributed by atoms with Gasteiger partial charge >= 0.3 is 0 Å². The molecule has 0 aliphatic carbocycles. The lowest BCUT2D eigenvalue weighted by Gasteiger charge is -2.13. The van der Waals surface area contributed by atoms with Gasteiger partial charge in [-0.15, -0.1) is 0 Å². The summed E-state index contributed by atoms with van der Waals surface area (Å²) in [5.74, 6) is 1.77. The molecule has 0 saturated heterocycles. The molecule has 0 fully saturated rings. The number of rotatable bonds is 3. The van der Waals surface area contributed by atoms with E-state index in [1.54, 1.807) is 7.11 Å². The van der Waals surface area contributed by atoms with Gasteiger partial charge < -0.3 is 9.47 Å². The zero-order valence-corrected chi connectivity index (χ0v) is 11.4. The Hall–Kier alpha value is -1.67. The van der Waals surface area contributed by atoms with E-state index in [0.29, 0.717) is 5.02 Å². The Bertz CT molecular complexity index is 570. The van der Waals surface area contributed by atoms with Gasteiger partial charge in [0.05, 0.1) is 7.11 Å². The minimum Gasteiger partial charge on any atom is -0.496 e. The molecule has 2 aromatic carbocycles. The van der Waals surface area contributed by atoms with Crippen molar-refractivity contribution in [2.24, 2.45) is 0 Å². The van der Waals surface area contributed by atoms with Crippen molar-refractivity contribution in [3.05, 3.63) is 65.0 Å². The highest BCUT2D eigenvalue weighted by Gasteiger charge is 2.24. The van der Waals surface area contributed by atoms with Crippen LogP contribution in [0.15, 0.2) is 42.5 Å². The van der Waals surface area contributed by atoms with Crippen molar-refractivity contribution in [1.82, 2.24) is 0 Å². The van der Waals surface area contributed by atoms with Crippen LogP contribution in [0.4, 0.5) is 0 Å². The van der Waals surface area contributed by atoms with Gasteiger partial charge in [0.25, 0.3) is 0 Å². The Balaban J connectivity index is 1.79. The van der Waals surface area contributed by atoms with Crippen LogP contribution in [-0.4, -0.2) is 13.2 Å². The predicted octanol–water partition coefficient (Wildman–Crippen LogP) is 3.90. The van der Waals surface area contributed by atoms with Crippen molar-refractivity contribution in [1.29, 1.82) is 0 Å². The quantitative estimate of drug-likeness (QED) is 0.844. The lowest BCUT2D eigenvalue weighted by molar-refractivity contribution is 0.269. The molecule has 97 valence electrons. The van der Waals surface area contributed by atoms with Crippen molar-refractivity contribution >= 4 is 11.6 Å². The molecule has 1 aliphatic rings. The summed E-state index contributed by atoms with van der Waals surface area (Å²) in [4.78, 5) is 0. The van der Waals surface area contributed by atoms with Crippen LogP contribution in [0.25, 0.3) is 0 Å². The third-order valence-electron chi connectivity index (χ3n) is 3.23. The highest BCUT2D eigenvalue weighted by Crippen LogP contribution is 2.33. The molecule has 1 heterocycles. The van der Waals surface area contributed by atoms with E-state index < -0.39 is 0 Å².